The predicted molar refractivity (Wildman–Crippen MR) is 73.8 cm³/mol. The van der Waals surface area contributed by atoms with Crippen LogP contribution in [0.5, 0.6) is 0 Å². The van der Waals surface area contributed by atoms with Crippen LogP contribution in [0, 0.1) is 5.92 Å². The van der Waals surface area contributed by atoms with Crippen molar-refractivity contribution in [3.05, 3.63) is 28.2 Å². The molecule has 94 valence electrons. The summed E-state index contributed by atoms with van der Waals surface area (Å²) in [6.07, 6.45) is 2.76. The van der Waals surface area contributed by atoms with E-state index in [1.165, 1.54) is 0 Å². The molecule has 1 atom stereocenters. The first kappa shape index (κ1) is 14.3. The fourth-order valence-electron chi connectivity index (χ4n) is 1.69. The molecule has 0 aromatic heterocycles. The molecule has 1 aromatic rings. The highest BCUT2D eigenvalue weighted by atomic mass is 35.5. The Morgan fingerprint density at radius 1 is 1.29 bits per heavy atom. The minimum Gasteiger partial charge on any atom is -0.326 e. The van der Waals surface area contributed by atoms with Crippen LogP contribution in [0.2, 0.25) is 10.0 Å². The van der Waals surface area contributed by atoms with E-state index in [4.69, 9.17) is 23.2 Å². The van der Waals surface area contributed by atoms with E-state index in [9.17, 15) is 4.79 Å². The average molecular weight is 274 g/mol. The van der Waals surface area contributed by atoms with E-state index in [0.717, 1.165) is 19.3 Å². The largest absolute Gasteiger partial charge is 0.326 e. The fraction of sp³-hybridized carbons (Fsp3) is 0.462. The average Bonchev–Trinajstić information content (AvgIpc) is 2.30. The fourth-order valence-corrected chi connectivity index (χ4v) is 1.99. The van der Waals surface area contributed by atoms with Crippen LogP contribution in [0.15, 0.2) is 18.2 Å². The standard InChI is InChI=1S/C13H17Cl2NO/c1-3-5-9(4-2)13(17)16-10-6-7-11(14)12(15)8-10/h6-9H,3-5H2,1-2H3,(H,16,17). The van der Waals surface area contributed by atoms with Crippen molar-refractivity contribution in [2.45, 2.75) is 33.1 Å². The Kier molecular flexibility index (Phi) is 5.79. The minimum atomic E-state index is 0.0488. The summed E-state index contributed by atoms with van der Waals surface area (Å²) in [7, 11) is 0. The third-order valence-electron chi connectivity index (χ3n) is 2.69. The Morgan fingerprint density at radius 2 is 2.00 bits per heavy atom. The van der Waals surface area contributed by atoms with Gasteiger partial charge < -0.3 is 5.32 Å². The highest BCUT2D eigenvalue weighted by molar-refractivity contribution is 6.42. The van der Waals surface area contributed by atoms with Crippen LogP contribution in [0.3, 0.4) is 0 Å². The number of carbonyl (C=O) groups excluding carboxylic acids is 1. The summed E-state index contributed by atoms with van der Waals surface area (Å²) in [6.45, 7) is 4.10. The number of benzene rings is 1. The van der Waals surface area contributed by atoms with Crippen molar-refractivity contribution in [1.82, 2.24) is 0 Å². The second-order valence-corrected chi connectivity index (χ2v) is 4.83. The lowest BCUT2D eigenvalue weighted by molar-refractivity contribution is -0.120. The van der Waals surface area contributed by atoms with Crippen molar-refractivity contribution in [1.29, 1.82) is 0 Å². The highest BCUT2D eigenvalue weighted by Gasteiger charge is 2.15. The molecule has 0 aliphatic rings. The van der Waals surface area contributed by atoms with Gasteiger partial charge in [0.15, 0.2) is 0 Å². The van der Waals surface area contributed by atoms with Crippen LogP contribution in [0.4, 0.5) is 5.69 Å². The Hall–Kier alpha value is -0.730. The molecule has 0 bridgehead atoms. The monoisotopic (exact) mass is 273 g/mol. The van der Waals surface area contributed by atoms with E-state index < -0.39 is 0 Å². The Balaban J connectivity index is 2.69. The maximum atomic E-state index is 11.9. The van der Waals surface area contributed by atoms with Crippen molar-refractivity contribution >= 4 is 34.8 Å². The highest BCUT2D eigenvalue weighted by Crippen LogP contribution is 2.25. The van der Waals surface area contributed by atoms with Crippen LogP contribution in [-0.4, -0.2) is 5.91 Å². The van der Waals surface area contributed by atoms with Crippen molar-refractivity contribution in [2.75, 3.05) is 5.32 Å². The molecule has 0 heterocycles. The Morgan fingerprint density at radius 3 is 2.53 bits per heavy atom. The first-order chi connectivity index (χ1) is 8.08. The first-order valence-corrected chi connectivity index (χ1v) is 6.60. The first-order valence-electron chi connectivity index (χ1n) is 5.84. The summed E-state index contributed by atoms with van der Waals surface area (Å²) < 4.78 is 0. The van der Waals surface area contributed by atoms with Gasteiger partial charge in [-0.3, -0.25) is 4.79 Å². The number of hydrogen-bond donors (Lipinski definition) is 1. The summed E-state index contributed by atoms with van der Waals surface area (Å²) in [5, 5.41) is 3.81. The SMILES string of the molecule is CCCC(CC)C(=O)Nc1ccc(Cl)c(Cl)c1. The normalized spacial score (nSPS) is 12.2. The molecule has 0 saturated carbocycles. The molecular weight excluding hydrogens is 257 g/mol. The lowest BCUT2D eigenvalue weighted by Crippen LogP contribution is -2.22. The third kappa shape index (κ3) is 4.21. The van der Waals surface area contributed by atoms with Gasteiger partial charge in [0.05, 0.1) is 10.0 Å². The van der Waals surface area contributed by atoms with Crippen LogP contribution < -0.4 is 5.32 Å². The maximum absolute atomic E-state index is 11.9. The van der Waals surface area contributed by atoms with Gasteiger partial charge in [-0.1, -0.05) is 43.5 Å². The number of nitrogens with one attached hydrogen (secondary N) is 1. The Bertz CT molecular complexity index is 393. The Labute approximate surface area is 112 Å². The second-order valence-electron chi connectivity index (χ2n) is 4.01. The van der Waals surface area contributed by atoms with E-state index in [1.807, 2.05) is 6.92 Å². The molecule has 0 saturated heterocycles. The molecule has 2 nitrogen and oxygen atoms in total. The predicted octanol–water partition coefficient (Wildman–Crippen LogP) is 4.76. The maximum Gasteiger partial charge on any atom is 0.227 e. The smallest absolute Gasteiger partial charge is 0.227 e. The van der Waals surface area contributed by atoms with Crippen LogP contribution >= 0.6 is 23.2 Å². The molecule has 0 fully saturated rings. The molecule has 0 radical (unpaired) electrons. The van der Waals surface area contributed by atoms with Crippen molar-refractivity contribution in [2.24, 2.45) is 5.92 Å². The van der Waals surface area contributed by atoms with Crippen molar-refractivity contribution < 1.29 is 4.79 Å². The summed E-state index contributed by atoms with van der Waals surface area (Å²) in [5.74, 6) is 0.113. The molecule has 0 aliphatic carbocycles. The van der Waals surface area contributed by atoms with Gasteiger partial charge in [-0.25, -0.2) is 0 Å². The quantitative estimate of drug-likeness (QED) is 0.824. The molecule has 17 heavy (non-hydrogen) atoms. The summed E-state index contributed by atoms with van der Waals surface area (Å²) in [5.41, 5.74) is 0.693. The second kappa shape index (κ2) is 6.87. The topological polar surface area (TPSA) is 29.1 Å². The molecule has 1 unspecified atom stereocenters. The van der Waals surface area contributed by atoms with Gasteiger partial charge in [0, 0.05) is 11.6 Å². The van der Waals surface area contributed by atoms with Crippen molar-refractivity contribution in [3.8, 4) is 0 Å². The van der Waals surface area contributed by atoms with E-state index in [0.29, 0.717) is 15.7 Å². The zero-order valence-electron chi connectivity index (χ0n) is 10.1. The molecule has 1 rings (SSSR count). The molecule has 4 heteroatoms. The molecule has 1 amide bonds. The minimum absolute atomic E-state index is 0.0488. The van der Waals surface area contributed by atoms with Crippen molar-refractivity contribution in [3.63, 3.8) is 0 Å². The van der Waals surface area contributed by atoms with Gasteiger partial charge in [0.2, 0.25) is 5.91 Å². The van der Waals surface area contributed by atoms with E-state index in [1.54, 1.807) is 18.2 Å². The van der Waals surface area contributed by atoms with E-state index in [2.05, 4.69) is 12.2 Å². The van der Waals surface area contributed by atoms with Crippen LogP contribution in [0.1, 0.15) is 33.1 Å². The van der Waals surface area contributed by atoms with Gasteiger partial charge in [0.1, 0.15) is 0 Å². The summed E-state index contributed by atoms with van der Waals surface area (Å²) in [6, 6.07) is 5.10. The molecule has 1 aromatic carbocycles. The number of rotatable bonds is 5. The van der Waals surface area contributed by atoms with Gasteiger partial charge in [-0.05, 0) is 31.0 Å². The molecule has 0 aliphatic heterocycles. The van der Waals surface area contributed by atoms with Crippen LogP contribution in [-0.2, 0) is 4.79 Å². The number of hydrogen-bond acceptors (Lipinski definition) is 1. The molecule has 1 N–H and O–H groups in total. The number of anilines is 1. The zero-order chi connectivity index (χ0) is 12.8. The lowest BCUT2D eigenvalue weighted by Gasteiger charge is -2.14. The third-order valence-corrected chi connectivity index (χ3v) is 3.43. The van der Waals surface area contributed by atoms with Gasteiger partial charge in [-0.2, -0.15) is 0 Å². The number of amides is 1. The summed E-state index contributed by atoms with van der Waals surface area (Å²) >= 11 is 11.7. The van der Waals surface area contributed by atoms with Crippen LogP contribution in [0.25, 0.3) is 0 Å². The van der Waals surface area contributed by atoms with E-state index >= 15 is 0 Å². The number of halogens is 2. The number of carbonyl (C=O) groups is 1. The van der Waals surface area contributed by atoms with Gasteiger partial charge in [0.25, 0.3) is 0 Å². The zero-order valence-corrected chi connectivity index (χ0v) is 11.6. The van der Waals surface area contributed by atoms with E-state index in [-0.39, 0.29) is 11.8 Å². The van der Waals surface area contributed by atoms with Gasteiger partial charge in [-0.15, -0.1) is 0 Å². The summed E-state index contributed by atoms with van der Waals surface area (Å²) in [4.78, 5) is 11.9. The van der Waals surface area contributed by atoms with Gasteiger partial charge >= 0.3 is 0 Å². The molecular formula is C13H17Cl2NO. The molecule has 0 spiro atoms. The lowest BCUT2D eigenvalue weighted by atomic mass is 10.00.